The van der Waals surface area contributed by atoms with Crippen LogP contribution in [0, 0.1) is 12.3 Å². The molecule has 0 heterocycles. The van der Waals surface area contributed by atoms with Crippen molar-refractivity contribution in [2.45, 2.75) is 18.9 Å². The Hall–Kier alpha value is -1.99. The fourth-order valence-electron chi connectivity index (χ4n) is 1.73. The summed E-state index contributed by atoms with van der Waals surface area (Å²) in [5.74, 6) is 1.48. The summed E-state index contributed by atoms with van der Waals surface area (Å²) in [5, 5.41) is 21.4. The number of aliphatic carboxylic acids is 1. The molecule has 1 atom stereocenters. The Morgan fingerprint density at radius 3 is 2.47 bits per heavy atom. The zero-order valence-electron chi connectivity index (χ0n) is 9.60. The van der Waals surface area contributed by atoms with E-state index in [0.29, 0.717) is 12.0 Å². The second kappa shape index (κ2) is 5.37. The van der Waals surface area contributed by atoms with E-state index in [1.807, 2.05) is 0 Å². The van der Waals surface area contributed by atoms with Crippen molar-refractivity contribution in [2.24, 2.45) is 0 Å². The van der Waals surface area contributed by atoms with E-state index in [9.17, 15) is 15.0 Å². The standard InChI is InChI=1S/C13H15NO3/c1-3-9-14-13(4-2,12(16)17)10-5-7-11(15)8-6-10/h1,5-8,14-15H,4,9H2,2H3,(H,16,17). The van der Waals surface area contributed by atoms with E-state index in [1.165, 1.54) is 12.1 Å². The maximum Gasteiger partial charge on any atom is 0.328 e. The Bertz CT molecular complexity index is 433. The Kier molecular flexibility index (Phi) is 4.13. The first-order valence-corrected chi connectivity index (χ1v) is 5.28. The molecule has 0 amide bonds. The van der Waals surface area contributed by atoms with Crippen molar-refractivity contribution in [3.8, 4) is 18.1 Å². The van der Waals surface area contributed by atoms with Crippen LogP contribution in [0.5, 0.6) is 5.75 Å². The molecular weight excluding hydrogens is 218 g/mol. The molecule has 90 valence electrons. The fraction of sp³-hybridized carbons (Fsp3) is 0.308. The topological polar surface area (TPSA) is 69.6 Å². The van der Waals surface area contributed by atoms with Gasteiger partial charge in [-0.3, -0.25) is 5.32 Å². The van der Waals surface area contributed by atoms with Gasteiger partial charge in [0, 0.05) is 0 Å². The van der Waals surface area contributed by atoms with Crippen LogP contribution in [0.15, 0.2) is 24.3 Å². The summed E-state index contributed by atoms with van der Waals surface area (Å²) in [6.45, 7) is 1.94. The molecular formula is C13H15NO3. The Morgan fingerprint density at radius 1 is 1.47 bits per heavy atom. The van der Waals surface area contributed by atoms with Crippen LogP contribution in [0.3, 0.4) is 0 Å². The minimum Gasteiger partial charge on any atom is -0.508 e. The number of phenols is 1. The van der Waals surface area contributed by atoms with Crippen molar-refractivity contribution >= 4 is 5.97 Å². The SMILES string of the molecule is C#CCNC(CC)(C(=O)O)c1ccc(O)cc1. The highest BCUT2D eigenvalue weighted by atomic mass is 16.4. The number of carboxylic acids is 1. The summed E-state index contributed by atoms with van der Waals surface area (Å²) < 4.78 is 0. The zero-order chi connectivity index (χ0) is 12.9. The summed E-state index contributed by atoms with van der Waals surface area (Å²) in [6, 6.07) is 6.08. The van der Waals surface area contributed by atoms with Crippen LogP contribution in [0.1, 0.15) is 18.9 Å². The van der Waals surface area contributed by atoms with Gasteiger partial charge in [-0.1, -0.05) is 25.0 Å². The summed E-state index contributed by atoms with van der Waals surface area (Å²) in [6.07, 6.45) is 5.50. The molecule has 1 aromatic rings. The number of carbonyl (C=O) groups is 1. The van der Waals surface area contributed by atoms with Crippen molar-refractivity contribution in [3.05, 3.63) is 29.8 Å². The van der Waals surface area contributed by atoms with Crippen molar-refractivity contribution in [1.82, 2.24) is 5.32 Å². The van der Waals surface area contributed by atoms with Gasteiger partial charge in [0.2, 0.25) is 0 Å². The van der Waals surface area contributed by atoms with E-state index in [0.717, 1.165) is 0 Å². The number of phenolic OH excluding ortho intramolecular Hbond substituents is 1. The van der Waals surface area contributed by atoms with Gasteiger partial charge in [0.05, 0.1) is 6.54 Å². The van der Waals surface area contributed by atoms with Crippen LogP contribution in [-0.2, 0) is 10.3 Å². The van der Waals surface area contributed by atoms with Crippen LogP contribution in [-0.4, -0.2) is 22.7 Å². The first-order valence-electron chi connectivity index (χ1n) is 5.28. The molecule has 4 nitrogen and oxygen atoms in total. The number of hydrogen-bond donors (Lipinski definition) is 3. The number of benzene rings is 1. The molecule has 3 N–H and O–H groups in total. The molecule has 17 heavy (non-hydrogen) atoms. The third-order valence-corrected chi connectivity index (χ3v) is 2.75. The fourth-order valence-corrected chi connectivity index (χ4v) is 1.73. The van der Waals surface area contributed by atoms with Crippen molar-refractivity contribution in [3.63, 3.8) is 0 Å². The van der Waals surface area contributed by atoms with Gasteiger partial charge < -0.3 is 10.2 Å². The monoisotopic (exact) mass is 233 g/mol. The molecule has 0 aliphatic rings. The smallest absolute Gasteiger partial charge is 0.328 e. The molecule has 0 aromatic heterocycles. The van der Waals surface area contributed by atoms with Crippen molar-refractivity contribution in [2.75, 3.05) is 6.54 Å². The zero-order valence-corrected chi connectivity index (χ0v) is 9.60. The molecule has 0 aliphatic carbocycles. The lowest BCUT2D eigenvalue weighted by atomic mass is 9.87. The predicted octanol–water partition coefficient (Wildman–Crippen LogP) is 1.30. The van der Waals surface area contributed by atoms with E-state index in [1.54, 1.807) is 19.1 Å². The van der Waals surface area contributed by atoms with Gasteiger partial charge in [-0.25, -0.2) is 4.79 Å². The predicted molar refractivity (Wildman–Crippen MR) is 64.5 cm³/mol. The Morgan fingerprint density at radius 2 is 2.06 bits per heavy atom. The molecule has 1 unspecified atom stereocenters. The molecule has 4 heteroatoms. The highest BCUT2D eigenvalue weighted by Crippen LogP contribution is 2.26. The molecule has 0 radical (unpaired) electrons. The lowest BCUT2D eigenvalue weighted by Crippen LogP contribution is -2.48. The minimum absolute atomic E-state index is 0.0982. The lowest BCUT2D eigenvalue weighted by Gasteiger charge is -2.29. The molecule has 0 aliphatic heterocycles. The van der Waals surface area contributed by atoms with Gasteiger partial charge in [-0.15, -0.1) is 6.42 Å². The summed E-state index contributed by atoms with van der Waals surface area (Å²) in [5.41, 5.74) is -0.638. The number of aromatic hydroxyl groups is 1. The molecule has 1 aromatic carbocycles. The van der Waals surface area contributed by atoms with E-state index < -0.39 is 11.5 Å². The van der Waals surface area contributed by atoms with Crippen LogP contribution in [0.2, 0.25) is 0 Å². The van der Waals surface area contributed by atoms with E-state index >= 15 is 0 Å². The van der Waals surface area contributed by atoms with Gasteiger partial charge >= 0.3 is 5.97 Å². The van der Waals surface area contributed by atoms with Crippen LogP contribution < -0.4 is 5.32 Å². The molecule has 0 fully saturated rings. The first-order chi connectivity index (χ1) is 8.06. The van der Waals surface area contributed by atoms with Crippen LogP contribution in [0.25, 0.3) is 0 Å². The summed E-state index contributed by atoms with van der Waals surface area (Å²) >= 11 is 0. The summed E-state index contributed by atoms with van der Waals surface area (Å²) in [7, 11) is 0. The van der Waals surface area contributed by atoms with E-state index in [4.69, 9.17) is 6.42 Å². The van der Waals surface area contributed by atoms with Crippen molar-refractivity contribution < 1.29 is 15.0 Å². The molecule has 0 spiro atoms. The van der Waals surface area contributed by atoms with E-state index in [-0.39, 0.29) is 12.3 Å². The van der Waals surface area contributed by atoms with Gasteiger partial charge in [0.25, 0.3) is 0 Å². The number of hydrogen-bond acceptors (Lipinski definition) is 3. The van der Waals surface area contributed by atoms with Crippen LogP contribution >= 0.6 is 0 Å². The van der Waals surface area contributed by atoms with Gasteiger partial charge in [0.15, 0.2) is 0 Å². The van der Waals surface area contributed by atoms with Gasteiger partial charge in [-0.05, 0) is 24.1 Å². The van der Waals surface area contributed by atoms with Crippen molar-refractivity contribution in [1.29, 1.82) is 0 Å². The first kappa shape index (κ1) is 13.1. The Labute approximate surface area is 100 Å². The highest BCUT2D eigenvalue weighted by molar-refractivity contribution is 5.80. The third kappa shape index (κ3) is 2.58. The van der Waals surface area contributed by atoms with Crippen LogP contribution in [0.4, 0.5) is 0 Å². The molecule has 0 bridgehead atoms. The maximum absolute atomic E-state index is 11.5. The number of nitrogens with one attached hydrogen (secondary N) is 1. The number of carboxylic acid groups (broad SMARTS) is 1. The number of rotatable bonds is 5. The van der Waals surface area contributed by atoms with Gasteiger partial charge in [-0.2, -0.15) is 0 Å². The van der Waals surface area contributed by atoms with E-state index in [2.05, 4.69) is 11.2 Å². The Balaban J connectivity index is 3.17. The largest absolute Gasteiger partial charge is 0.508 e. The maximum atomic E-state index is 11.5. The second-order valence-corrected chi connectivity index (χ2v) is 3.67. The quantitative estimate of drug-likeness (QED) is 0.670. The lowest BCUT2D eigenvalue weighted by molar-refractivity contribution is -0.145. The average molecular weight is 233 g/mol. The second-order valence-electron chi connectivity index (χ2n) is 3.67. The normalized spacial score (nSPS) is 13.6. The highest BCUT2D eigenvalue weighted by Gasteiger charge is 2.37. The molecule has 1 rings (SSSR count). The molecule has 0 saturated carbocycles. The molecule has 0 saturated heterocycles. The average Bonchev–Trinajstić information content (AvgIpc) is 2.32. The third-order valence-electron chi connectivity index (χ3n) is 2.75. The summed E-state index contributed by atoms with van der Waals surface area (Å²) in [4.78, 5) is 11.5. The van der Waals surface area contributed by atoms with Gasteiger partial charge in [0.1, 0.15) is 11.3 Å². The minimum atomic E-state index is -1.21. The number of terminal acetylenes is 1.